The highest BCUT2D eigenvalue weighted by atomic mass is 32.1. The number of carbonyl (C=O) groups is 2. The molecule has 2 heterocycles. The molecule has 7 nitrogen and oxygen atoms in total. The molecule has 1 aliphatic rings. The molecule has 0 aliphatic heterocycles. The number of aryl methyl sites for hydroxylation is 3. The highest BCUT2D eigenvalue weighted by Gasteiger charge is 2.20. The van der Waals surface area contributed by atoms with Gasteiger partial charge in [0, 0.05) is 29.6 Å². The summed E-state index contributed by atoms with van der Waals surface area (Å²) in [6.45, 7) is 2.36. The van der Waals surface area contributed by atoms with Crippen molar-refractivity contribution in [2.24, 2.45) is 0 Å². The van der Waals surface area contributed by atoms with E-state index in [1.165, 1.54) is 15.5 Å². The minimum absolute atomic E-state index is 0.0556. The van der Waals surface area contributed by atoms with Gasteiger partial charge in [-0.3, -0.25) is 14.2 Å². The normalized spacial score (nSPS) is 13.3. The smallest absolute Gasteiger partial charge is 0.330 e. The summed E-state index contributed by atoms with van der Waals surface area (Å²) in [5.41, 5.74) is 2.57. The van der Waals surface area contributed by atoms with E-state index in [1.807, 2.05) is 0 Å². The lowest BCUT2D eigenvalue weighted by molar-refractivity contribution is -0.137. The van der Waals surface area contributed by atoms with Crippen LogP contribution in [0.15, 0.2) is 41.5 Å². The molecule has 0 saturated heterocycles. The molecular formula is C24H25N3O4S. The van der Waals surface area contributed by atoms with Crippen LogP contribution in [0.25, 0.3) is 16.3 Å². The van der Waals surface area contributed by atoms with Crippen LogP contribution in [0.2, 0.25) is 0 Å². The maximum Gasteiger partial charge on any atom is 0.330 e. The SMILES string of the molecule is CCOC(=O)/C=C/c1ccc(NC(=O)CCn2cnc3sc4c(c3c2=O)CCCC4)cc1. The molecule has 0 spiro atoms. The summed E-state index contributed by atoms with van der Waals surface area (Å²) in [6, 6.07) is 7.13. The van der Waals surface area contributed by atoms with E-state index in [9.17, 15) is 14.4 Å². The Morgan fingerprint density at radius 3 is 2.78 bits per heavy atom. The van der Waals surface area contributed by atoms with Crippen LogP contribution in [0.5, 0.6) is 0 Å². The number of amides is 1. The van der Waals surface area contributed by atoms with Gasteiger partial charge in [-0.15, -0.1) is 11.3 Å². The van der Waals surface area contributed by atoms with Crippen LogP contribution < -0.4 is 10.9 Å². The molecule has 1 N–H and O–H groups in total. The summed E-state index contributed by atoms with van der Waals surface area (Å²) in [5.74, 6) is -0.574. The number of aromatic nitrogens is 2. The number of esters is 1. The molecule has 0 unspecified atom stereocenters. The monoisotopic (exact) mass is 451 g/mol. The van der Waals surface area contributed by atoms with Gasteiger partial charge in [0.25, 0.3) is 5.56 Å². The number of carbonyl (C=O) groups excluding carboxylic acids is 2. The van der Waals surface area contributed by atoms with Gasteiger partial charge < -0.3 is 10.1 Å². The molecule has 4 rings (SSSR count). The molecule has 32 heavy (non-hydrogen) atoms. The number of fused-ring (bicyclic) bond motifs is 3. The summed E-state index contributed by atoms with van der Waals surface area (Å²) in [7, 11) is 0. The Morgan fingerprint density at radius 1 is 1.22 bits per heavy atom. The van der Waals surface area contributed by atoms with Crippen molar-refractivity contribution in [3.63, 3.8) is 0 Å². The van der Waals surface area contributed by atoms with Gasteiger partial charge in [0.05, 0.1) is 18.3 Å². The molecule has 8 heteroatoms. The second-order valence-electron chi connectivity index (χ2n) is 7.64. The van der Waals surface area contributed by atoms with Crippen molar-refractivity contribution in [1.29, 1.82) is 0 Å². The van der Waals surface area contributed by atoms with Crippen molar-refractivity contribution >= 4 is 45.2 Å². The van der Waals surface area contributed by atoms with E-state index in [2.05, 4.69) is 10.3 Å². The number of anilines is 1. The van der Waals surface area contributed by atoms with Gasteiger partial charge in [0.1, 0.15) is 4.83 Å². The average molecular weight is 452 g/mol. The standard InChI is InChI=1S/C24H25N3O4S/c1-2-31-21(29)12-9-16-7-10-17(11-8-16)26-20(28)13-14-27-15-25-23-22(24(27)30)18-5-3-4-6-19(18)32-23/h7-12,15H,2-6,13-14H2,1H3,(H,26,28)/b12-9+. The number of hydrogen-bond donors (Lipinski definition) is 1. The molecule has 166 valence electrons. The first-order valence-corrected chi connectivity index (χ1v) is 11.6. The van der Waals surface area contributed by atoms with Gasteiger partial charge >= 0.3 is 5.97 Å². The largest absolute Gasteiger partial charge is 0.463 e. The first kappa shape index (κ1) is 22.0. The fraction of sp³-hybridized carbons (Fsp3) is 0.333. The van der Waals surface area contributed by atoms with E-state index in [4.69, 9.17) is 4.74 Å². The number of nitrogens with zero attached hydrogens (tertiary/aromatic N) is 2. The third-order valence-corrected chi connectivity index (χ3v) is 6.61. The summed E-state index contributed by atoms with van der Waals surface area (Å²) in [6.07, 6.45) is 8.96. The van der Waals surface area contributed by atoms with Gasteiger partial charge in [-0.1, -0.05) is 12.1 Å². The lowest BCUT2D eigenvalue weighted by Crippen LogP contribution is -2.24. The summed E-state index contributed by atoms with van der Waals surface area (Å²) in [5, 5.41) is 3.57. The Morgan fingerprint density at radius 2 is 2.00 bits per heavy atom. The Bertz CT molecular complexity index is 1220. The van der Waals surface area contributed by atoms with Crippen molar-refractivity contribution in [2.75, 3.05) is 11.9 Å². The van der Waals surface area contributed by atoms with E-state index >= 15 is 0 Å². The third kappa shape index (κ3) is 4.96. The molecule has 0 radical (unpaired) electrons. The van der Waals surface area contributed by atoms with Gasteiger partial charge in [0.15, 0.2) is 0 Å². The summed E-state index contributed by atoms with van der Waals surface area (Å²) >= 11 is 1.62. The molecule has 1 aliphatic carbocycles. The number of nitrogens with one attached hydrogen (secondary N) is 1. The van der Waals surface area contributed by atoms with Crippen molar-refractivity contribution in [3.05, 3.63) is 63.0 Å². The molecular weight excluding hydrogens is 426 g/mol. The molecule has 1 amide bonds. The number of benzene rings is 1. The van der Waals surface area contributed by atoms with E-state index in [0.717, 1.165) is 47.0 Å². The van der Waals surface area contributed by atoms with Crippen LogP contribution in [0.3, 0.4) is 0 Å². The minimum Gasteiger partial charge on any atom is -0.463 e. The van der Waals surface area contributed by atoms with E-state index < -0.39 is 5.97 Å². The zero-order valence-corrected chi connectivity index (χ0v) is 18.7. The van der Waals surface area contributed by atoms with E-state index in [-0.39, 0.29) is 24.4 Å². The van der Waals surface area contributed by atoms with Crippen LogP contribution in [-0.2, 0) is 33.7 Å². The van der Waals surface area contributed by atoms with Crippen LogP contribution in [0, 0.1) is 0 Å². The number of hydrogen-bond acceptors (Lipinski definition) is 6. The molecule has 1 aromatic carbocycles. The van der Waals surface area contributed by atoms with Crippen LogP contribution in [0.1, 0.15) is 42.2 Å². The number of thiophene rings is 1. The van der Waals surface area contributed by atoms with Crippen molar-refractivity contribution in [1.82, 2.24) is 9.55 Å². The van der Waals surface area contributed by atoms with Gasteiger partial charge in [0.2, 0.25) is 5.91 Å². The Balaban J connectivity index is 1.37. The maximum absolute atomic E-state index is 13.0. The zero-order chi connectivity index (χ0) is 22.5. The Hall–Kier alpha value is -3.26. The van der Waals surface area contributed by atoms with Crippen molar-refractivity contribution < 1.29 is 14.3 Å². The quantitative estimate of drug-likeness (QED) is 0.434. The lowest BCUT2D eigenvalue weighted by atomic mass is 9.97. The predicted molar refractivity (Wildman–Crippen MR) is 126 cm³/mol. The van der Waals surface area contributed by atoms with Crippen LogP contribution in [-0.4, -0.2) is 28.0 Å². The third-order valence-electron chi connectivity index (χ3n) is 5.41. The molecule has 0 bridgehead atoms. The molecule has 2 aromatic heterocycles. The summed E-state index contributed by atoms with van der Waals surface area (Å²) < 4.78 is 6.38. The van der Waals surface area contributed by atoms with E-state index in [0.29, 0.717) is 12.3 Å². The zero-order valence-electron chi connectivity index (χ0n) is 17.9. The first-order chi connectivity index (χ1) is 15.5. The fourth-order valence-corrected chi connectivity index (χ4v) is 5.04. The highest BCUT2D eigenvalue weighted by Crippen LogP contribution is 2.33. The summed E-state index contributed by atoms with van der Waals surface area (Å²) in [4.78, 5) is 43.3. The van der Waals surface area contributed by atoms with Crippen molar-refractivity contribution in [2.45, 2.75) is 45.6 Å². The second kappa shape index (κ2) is 9.91. The van der Waals surface area contributed by atoms with E-state index in [1.54, 1.807) is 54.9 Å². The topological polar surface area (TPSA) is 90.3 Å². The van der Waals surface area contributed by atoms with Crippen LogP contribution in [0.4, 0.5) is 5.69 Å². The molecule has 0 saturated carbocycles. The molecule has 0 atom stereocenters. The Labute approximate surface area is 189 Å². The van der Waals surface area contributed by atoms with Gasteiger partial charge in [-0.2, -0.15) is 0 Å². The van der Waals surface area contributed by atoms with Crippen LogP contribution >= 0.6 is 11.3 Å². The maximum atomic E-state index is 13.0. The van der Waals surface area contributed by atoms with Gasteiger partial charge in [-0.25, -0.2) is 9.78 Å². The van der Waals surface area contributed by atoms with Crippen molar-refractivity contribution in [3.8, 4) is 0 Å². The second-order valence-corrected chi connectivity index (χ2v) is 8.72. The molecule has 3 aromatic rings. The first-order valence-electron chi connectivity index (χ1n) is 10.8. The lowest BCUT2D eigenvalue weighted by Gasteiger charge is -2.10. The fourth-order valence-electron chi connectivity index (χ4n) is 3.82. The Kier molecular flexibility index (Phi) is 6.80. The minimum atomic E-state index is -0.393. The average Bonchev–Trinajstić information content (AvgIpc) is 3.18. The van der Waals surface area contributed by atoms with Gasteiger partial charge in [-0.05, 0) is 61.9 Å². The predicted octanol–water partition coefficient (Wildman–Crippen LogP) is 3.94. The number of ether oxygens (including phenoxy) is 1. The molecule has 0 fully saturated rings. The highest BCUT2D eigenvalue weighted by molar-refractivity contribution is 7.18. The number of rotatable bonds is 7.